The van der Waals surface area contributed by atoms with Crippen molar-refractivity contribution in [2.75, 3.05) is 26.2 Å². The molecule has 0 radical (unpaired) electrons. The van der Waals surface area contributed by atoms with E-state index in [9.17, 15) is 22.4 Å². The fraction of sp³-hybridized carbons (Fsp3) is 0.708. The molecule has 2 unspecified atom stereocenters. The normalized spacial score (nSPS) is 24.4. The highest BCUT2D eigenvalue weighted by Gasteiger charge is 2.43. The fourth-order valence-electron chi connectivity index (χ4n) is 4.82. The average Bonchev–Trinajstić information content (AvgIpc) is 3.65. The van der Waals surface area contributed by atoms with Crippen LogP contribution in [0.15, 0.2) is 12.1 Å². The summed E-state index contributed by atoms with van der Waals surface area (Å²) in [6.45, 7) is 3.17. The van der Waals surface area contributed by atoms with Gasteiger partial charge in [0, 0.05) is 24.6 Å². The van der Waals surface area contributed by atoms with Gasteiger partial charge in [0.25, 0.3) is 11.8 Å². The van der Waals surface area contributed by atoms with E-state index in [2.05, 4.69) is 5.32 Å². The molecule has 3 fully saturated rings. The molecule has 1 saturated heterocycles. The molecule has 1 aromatic rings. The number of alkyl halides is 2. The van der Waals surface area contributed by atoms with E-state index in [1.807, 2.05) is 4.90 Å². The first-order chi connectivity index (χ1) is 15.3. The summed E-state index contributed by atoms with van der Waals surface area (Å²) in [5.41, 5.74) is -0.561. The van der Waals surface area contributed by atoms with Gasteiger partial charge < -0.3 is 10.1 Å². The molecule has 32 heavy (non-hydrogen) atoms. The van der Waals surface area contributed by atoms with Crippen LogP contribution < -0.4 is 10.1 Å². The molecular weight excluding hydrogens is 424 g/mol. The Morgan fingerprint density at radius 1 is 1.16 bits per heavy atom. The van der Waals surface area contributed by atoms with Crippen LogP contribution in [0.3, 0.4) is 0 Å². The highest BCUT2D eigenvalue weighted by atomic mass is 19.3. The first-order valence-corrected chi connectivity index (χ1v) is 11.8. The predicted molar refractivity (Wildman–Crippen MR) is 113 cm³/mol. The molecule has 178 valence electrons. The van der Waals surface area contributed by atoms with Gasteiger partial charge in [0.1, 0.15) is 22.9 Å². The summed E-state index contributed by atoms with van der Waals surface area (Å²) in [5.74, 6) is -3.40. The van der Waals surface area contributed by atoms with Gasteiger partial charge in [0.15, 0.2) is 0 Å². The minimum absolute atomic E-state index is 0.0215. The summed E-state index contributed by atoms with van der Waals surface area (Å²) < 4.78 is 61.3. The maximum absolute atomic E-state index is 14.3. The number of halogens is 4. The van der Waals surface area contributed by atoms with Crippen LogP contribution >= 0.6 is 0 Å². The largest absolute Gasteiger partial charge is 0.493 e. The summed E-state index contributed by atoms with van der Waals surface area (Å²) in [5, 5.41) is 2.59. The van der Waals surface area contributed by atoms with Crippen molar-refractivity contribution in [3.8, 4) is 5.75 Å². The molecule has 0 aromatic heterocycles. The molecule has 2 saturated carbocycles. The highest BCUT2D eigenvalue weighted by Crippen LogP contribution is 2.49. The van der Waals surface area contributed by atoms with Gasteiger partial charge in [-0.05, 0) is 69.4 Å². The number of amides is 1. The second-order valence-electron chi connectivity index (χ2n) is 9.63. The number of hydrogen-bond donors (Lipinski definition) is 1. The molecule has 4 nitrogen and oxygen atoms in total. The van der Waals surface area contributed by atoms with E-state index >= 15 is 0 Å². The van der Waals surface area contributed by atoms with E-state index in [1.54, 1.807) is 0 Å². The standard InChI is InChI=1S/C24H32F4N2O2/c1-2-24(27,28)14-30-8-5-15(6-9-30)19-11-16(19)7-10-32-18-12-20(25)22(21(26)13-18)23(31)29-17-3-4-17/h12-13,15-17,19H,2-11,14H2,1H3,(H,29,31). The van der Waals surface area contributed by atoms with Crippen LogP contribution in [0.25, 0.3) is 0 Å². The van der Waals surface area contributed by atoms with E-state index in [4.69, 9.17) is 4.74 Å². The molecule has 1 aromatic carbocycles. The summed E-state index contributed by atoms with van der Waals surface area (Å²) in [7, 11) is 0. The third-order valence-electron chi connectivity index (χ3n) is 7.10. The number of nitrogens with one attached hydrogen (secondary N) is 1. The van der Waals surface area contributed by atoms with Crippen molar-refractivity contribution >= 4 is 5.91 Å². The number of carbonyl (C=O) groups excluding carboxylic acids is 1. The van der Waals surface area contributed by atoms with Crippen molar-refractivity contribution in [2.45, 2.75) is 63.8 Å². The van der Waals surface area contributed by atoms with Crippen LogP contribution in [0, 0.1) is 29.4 Å². The Morgan fingerprint density at radius 2 is 1.81 bits per heavy atom. The third-order valence-corrected chi connectivity index (χ3v) is 7.10. The third kappa shape index (κ3) is 5.94. The van der Waals surface area contributed by atoms with Crippen molar-refractivity contribution in [2.24, 2.45) is 17.8 Å². The van der Waals surface area contributed by atoms with Crippen LogP contribution in [-0.2, 0) is 0 Å². The second kappa shape index (κ2) is 9.57. The van der Waals surface area contributed by atoms with Gasteiger partial charge in [0.05, 0.1) is 13.2 Å². The van der Waals surface area contributed by atoms with Crippen LogP contribution in [-0.4, -0.2) is 49.0 Å². The predicted octanol–water partition coefficient (Wildman–Crippen LogP) is 5.02. The van der Waals surface area contributed by atoms with Gasteiger partial charge in [-0.2, -0.15) is 0 Å². The van der Waals surface area contributed by atoms with E-state index in [0.717, 1.165) is 63.7 Å². The smallest absolute Gasteiger partial charge is 0.260 e. The number of likely N-dealkylation sites (tertiary alicyclic amines) is 1. The molecule has 8 heteroatoms. The van der Waals surface area contributed by atoms with Crippen molar-refractivity contribution in [3.05, 3.63) is 29.3 Å². The van der Waals surface area contributed by atoms with Crippen molar-refractivity contribution in [1.29, 1.82) is 0 Å². The number of benzene rings is 1. The maximum atomic E-state index is 14.3. The molecule has 2 aliphatic carbocycles. The Labute approximate surface area is 186 Å². The molecule has 1 aliphatic heterocycles. The topological polar surface area (TPSA) is 41.6 Å². The summed E-state index contributed by atoms with van der Waals surface area (Å²) in [6, 6.07) is 2.15. The van der Waals surface area contributed by atoms with Crippen LogP contribution in [0.4, 0.5) is 17.6 Å². The molecule has 2 atom stereocenters. The Bertz CT molecular complexity index is 799. The zero-order valence-electron chi connectivity index (χ0n) is 18.5. The molecule has 0 spiro atoms. The van der Waals surface area contributed by atoms with E-state index in [-0.39, 0.29) is 24.8 Å². The lowest BCUT2D eigenvalue weighted by Crippen LogP contribution is -2.41. The Balaban J connectivity index is 1.18. The van der Waals surface area contributed by atoms with Crippen LogP contribution in [0.1, 0.15) is 62.2 Å². The maximum Gasteiger partial charge on any atom is 0.260 e. The van der Waals surface area contributed by atoms with Crippen molar-refractivity contribution < 1.29 is 27.1 Å². The van der Waals surface area contributed by atoms with Gasteiger partial charge in [0.2, 0.25) is 0 Å². The molecule has 1 N–H and O–H groups in total. The van der Waals surface area contributed by atoms with Crippen molar-refractivity contribution in [3.63, 3.8) is 0 Å². The fourth-order valence-corrected chi connectivity index (χ4v) is 4.82. The van der Waals surface area contributed by atoms with Gasteiger partial charge in [-0.3, -0.25) is 9.69 Å². The zero-order valence-corrected chi connectivity index (χ0v) is 18.5. The van der Waals surface area contributed by atoms with Crippen molar-refractivity contribution in [1.82, 2.24) is 10.2 Å². The van der Waals surface area contributed by atoms with E-state index in [1.165, 1.54) is 6.92 Å². The molecule has 1 amide bonds. The minimum Gasteiger partial charge on any atom is -0.493 e. The lowest BCUT2D eigenvalue weighted by molar-refractivity contribution is -0.0424. The Morgan fingerprint density at radius 3 is 2.41 bits per heavy atom. The number of ether oxygens (including phenoxy) is 1. The summed E-state index contributed by atoms with van der Waals surface area (Å²) in [6.07, 6.45) is 5.35. The molecular formula is C24H32F4N2O2. The summed E-state index contributed by atoms with van der Waals surface area (Å²) >= 11 is 0. The summed E-state index contributed by atoms with van der Waals surface area (Å²) in [4.78, 5) is 13.9. The number of piperidine rings is 1. The molecule has 1 heterocycles. The van der Waals surface area contributed by atoms with Crippen LogP contribution in [0.5, 0.6) is 5.75 Å². The Hall–Kier alpha value is -1.83. The first-order valence-electron chi connectivity index (χ1n) is 11.8. The van der Waals surface area contributed by atoms with Gasteiger partial charge in [-0.1, -0.05) is 6.92 Å². The monoisotopic (exact) mass is 456 g/mol. The van der Waals surface area contributed by atoms with Gasteiger partial charge in [-0.25, -0.2) is 17.6 Å². The van der Waals surface area contributed by atoms with Gasteiger partial charge in [-0.15, -0.1) is 0 Å². The van der Waals surface area contributed by atoms with E-state index in [0.29, 0.717) is 24.4 Å². The number of hydrogen-bond acceptors (Lipinski definition) is 3. The lowest BCUT2D eigenvalue weighted by Gasteiger charge is -2.34. The highest BCUT2D eigenvalue weighted by molar-refractivity contribution is 5.95. The lowest BCUT2D eigenvalue weighted by atomic mass is 9.90. The minimum atomic E-state index is -2.61. The molecule has 3 aliphatic rings. The van der Waals surface area contributed by atoms with Crippen LogP contribution in [0.2, 0.25) is 0 Å². The van der Waals surface area contributed by atoms with E-state index < -0.39 is 29.0 Å². The Kier molecular flexibility index (Phi) is 6.98. The van der Waals surface area contributed by atoms with Gasteiger partial charge >= 0.3 is 0 Å². The number of nitrogens with zero attached hydrogens (tertiary/aromatic N) is 1. The second-order valence-corrected chi connectivity index (χ2v) is 9.63. The average molecular weight is 457 g/mol. The first kappa shape index (κ1) is 23.3. The quantitative estimate of drug-likeness (QED) is 0.503. The SMILES string of the molecule is CCC(F)(F)CN1CCC(C2CC2CCOc2cc(F)c(C(=O)NC3CC3)c(F)c2)CC1. The zero-order chi connectivity index (χ0) is 22.9. The number of carbonyl (C=O) groups is 1. The molecule has 4 rings (SSSR count). The molecule has 0 bridgehead atoms. The number of rotatable bonds is 10.